The summed E-state index contributed by atoms with van der Waals surface area (Å²) in [5.41, 5.74) is 5.66. The highest BCUT2D eigenvalue weighted by molar-refractivity contribution is 8.87. The number of aliphatic imine (C=N–C) groups is 2. The molecule has 0 bridgehead atoms. The monoisotopic (exact) mass is 514 g/mol. The maximum Gasteiger partial charge on any atom is 0.323 e. The Bertz CT molecular complexity index is 848. The average molecular weight is 515 g/mol. The number of nitrogens with one attached hydrogen (secondary N) is 2. The second-order valence-electron chi connectivity index (χ2n) is 7.47. The number of amidine groups is 2. The van der Waals surface area contributed by atoms with Crippen molar-refractivity contribution in [1.29, 1.82) is 0 Å². The fourth-order valence-electron chi connectivity index (χ4n) is 4.43. The van der Waals surface area contributed by atoms with Crippen LogP contribution in [-0.4, -0.2) is 103 Å². The van der Waals surface area contributed by atoms with E-state index < -0.39 is 24.7 Å². The lowest BCUT2D eigenvalue weighted by Crippen LogP contribution is -2.58. The third kappa shape index (κ3) is 3.73. The highest BCUT2D eigenvalue weighted by Crippen LogP contribution is 2.35. The summed E-state index contributed by atoms with van der Waals surface area (Å²) in [6, 6.07) is -0.442. The molecule has 0 aromatic rings. The maximum atomic E-state index is 12.7. The van der Waals surface area contributed by atoms with Crippen LogP contribution < -0.4 is 10.9 Å². The van der Waals surface area contributed by atoms with Crippen molar-refractivity contribution in [2.75, 3.05) is 26.2 Å². The largest absolute Gasteiger partial charge is 0.323 e. The zero-order valence-corrected chi connectivity index (χ0v) is 20.7. The SMILES string of the molecule is CCN1C(=O)N(CC)C2C1N=C(SSC1=NC3C(N(N=O)N1)N(CC)C(=O)N3CC)NN2N=O. The predicted octanol–water partition coefficient (Wildman–Crippen LogP) is 0.942. The molecule has 0 aromatic carbocycles. The molecular weight excluding hydrogens is 488 g/mol. The molecule has 2 fully saturated rings. The Morgan fingerprint density at radius 3 is 1.35 bits per heavy atom. The van der Waals surface area contributed by atoms with Crippen LogP contribution in [0.2, 0.25) is 0 Å². The lowest BCUT2D eigenvalue weighted by atomic mass is 10.3. The maximum absolute atomic E-state index is 12.7. The Labute approximate surface area is 203 Å². The molecule has 4 unspecified atom stereocenters. The van der Waals surface area contributed by atoms with Crippen molar-refractivity contribution in [1.82, 2.24) is 40.7 Å². The number of amides is 4. The van der Waals surface area contributed by atoms with E-state index in [0.717, 1.165) is 31.8 Å². The lowest BCUT2D eigenvalue weighted by molar-refractivity contribution is 0.0432. The topological polar surface area (TPSA) is 161 Å². The fourth-order valence-corrected chi connectivity index (χ4v) is 6.10. The Morgan fingerprint density at radius 2 is 1.06 bits per heavy atom. The molecule has 0 aromatic heterocycles. The van der Waals surface area contributed by atoms with E-state index in [2.05, 4.69) is 31.4 Å². The van der Waals surface area contributed by atoms with Crippen LogP contribution in [0.5, 0.6) is 0 Å². The summed E-state index contributed by atoms with van der Waals surface area (Å²) in [5.74, 6) is 0. The molecule has 4 heterocycles. The van der Waals surface area contributed by atoms with Gasteiger partial charge in [-0.05, 0) is 49.3 Å². The van der Waals surface area contributed by atoms with E-state index in [4.69, 9.17) is 0 Å². The summed E-state index contributed by atoms with van der Waals surface area (Å²) in [4.78, 5) is 63.9. The Balaban J connectivity index is 1.54. The molecule has 2 N–H and O–H groups in total. The zero-order valence-electron chi connectivity index (χ0n) is 19.1. The first-order chi connectivity index (χ1) is 16.4. The van der Waals surface area contributed by atoms with Gasteiger partial charge in [0.2, 0.25) is 0 Å². The summed E-state index contributed by atoms with van der Waals surface area (Å²) < 4.78 is 0. The van der Waals surface area contributed by atoms with Gasteiger partial charge in [-0.2, -0.15) is 0 Å². The molecule has 0 aliphatic carbocycles. The van der Waals surface area contributed by atoms with E-state index in [9.17, 15) is 19.4 Å². The van der Waals surface area contributed by atoms with Gasteiger partial charge in [-0.25, -0.2) is 19.6 Å². The molecule has 4 atom stereocenters. The van der Waals surface area contributed by atoms with E-state index in [1.807, 2.05) is 27.7 Å². The summed E-state index contributed by atoms with van der Waals surface area (Å²) in [6.45, 7) is 8.96. The van der Waals surface area contributed by atoms with Gasteiger partial charge in [-0.15, -0.1) is 20.0 Å². The molecule has 18 heteroatoms. The van der Waals surface area contributed by atoms with Crippen molar-refractivity contribution in [2.24, 2.45) is 20.6 Å². The minimum atomic E-state index is -0.660. The van der Waals surface area contributed by atoms with Gasteiger partial charge in [-0.3, -0.25) is 30.5 Å². The number of likely N-dealkylation sites (N-methyl/N-ethyl adjacent to an activating group) is 4. The van der Waals surface area contributed by atoms with Crippen molar-refractivity contribution in [3.05, 3.63) is 9.81 Å². The first-order valence-electron chi connectivity index (χ1n) is 10.9. The van der Waals surface area contributed by atoms with Crippen LogP contribution in [0.15, 0.2) is 20.6 Å². The first-order valence-corrected chi connectivity index (χ1v) is 13.0. The van der Waals surface area contributed by atoms with Crippen molar-refractivity contribution in [3.63, 3.8) is 0 Å². The van der Waals surface area contributed by atoms with Gasteiger partial charge in [0.25, 0.3) is 0 Å². The van der Waals surface area contributed by atoms with Gasteiger partial charge in [0.15, 0.2) is 35.0 Å². The van der Waals surface area contributed by atoms with Crippen LogP contribution in [-0.2, 0) is 0 Å². The third-order valence-electron chi connectivity index (χ3n) is 5.95. The molecule has 34 heavy (non-hydrogen) atoms. The van der Waals surface area contributed by atoms with Crippen molar-refractivity contribution >= 4 is 44.0 Å². The summed E-state index contributed by atoms with van der Waals surface area (Å²) in [6.07, 6.45) is -2.54. The average Bonchev–Trinajstić information content (AvgIpc) is 3.29. The van der Waals surface area contributed by atoms with E-state index in [1.165, 1.54) is 9.80 Å². The minimum Gasteiger partial charge on any atom is -0.299 e. The number of rotatable bonds is 6. The standard InChI is InChI=1S/C16H26N12O4S2/c1-5-23-9-11(25(7-3)15(23)29)27(21-31)19-13(17-9)33-34-14-18-10-12(28(20-14)22-32)26(8-4)16(30)24(10)6-2/h9-12H,5-8H2,1-4H3,(H,17,19)(H,18,20). The van der Waals surface area contributed by atoms with Crippen LogP contribution in [0.25, 0.3) is 0 Å². The van der Waals surface area contributed by atoms with Crippen LogP contribution in [0.4, 0.5) is 9.59 Å². The molecule has 2 saturated heterocycles. The number of urea groups is 2. The van der Waals surface area contributed by atoms with E-state index in [-0.39, 0.29) is 12.1 Å². The third-order valence-corrected chi connectivity index (χ3v) is 7.94. The van der Waals surface area contributed by atoms with Crippen LogP contribution in [0, 0.1) is 9.81 Å². The van der Waals surface area contributed by atoms with Gasteiger partial charge in [0, 0.05) is 26.2 Å². The summed E-state index contributed by atoms with van der Waals surface area (Å²) in [5, 5.41) is 8.90. The van der Waals surface area contributed by atoms with E-state index >= 15 is 0 Å². The molecule has 0 spiro atoms. The number of hydrogen-bond donors (Lipinski definition) is 2. The second-order valence-corrected chi connectivity index (χ2v) is 9.58. The zero-order chi connectivity index (χ0) is 24.6. The van der Waals surface area contributed by atoms with Gasteiger partial charge in [-0.1, -0.05) is 0 Å². The molecule has 4 aliphatic heterocycles. The molecule has 4 rings (SSSR count). The highest BCUT2D eigenvalue weighted by Gasteiger charge is 2.52. The number of nitrogens with zero attached hydrogens (tertiary/aromatic N) is 10. The molecule has 16 nitrogen and oxygen atoms in total. The number of fused-ring (bicyclic) bond motifs is 2. The number of hydrazine groups is 2. The molecule has 4 aliphatic rings. The van der Waals surface area contributed by atoms with Crippen molar-refractivity contribution < 1.29 is 9.59 Å². The number of hydrogen-bond acceptors (Lipinski definition) is 12. The summed E-state index contributed by atoms with van der Waals surface area (Å²) >= 11 is 0. The molecule has 0 saturated carbocycles. The first kappa shape index (κ1) is 24.1. The van der Waals surface area contributed by atoms with E-state index in [1.54, 1.807) is 9.80 Å². The quantitative estimate of drug-likeness (QED) is 0.385. The second kappa shape index (κ2) is 9.69. The molecule has 186 valence electrons. The van der Waals surface area contributed by atoms with E-state index in [0.29, 0.717) is 36.5 Å². The van der Waals surface area contributed by atoms with Crippen molar-refractivity contribution in [2.45, 2.75) is 52.4 Å². The molecule has 4 amide bonds. The number of carbonyl (C=O) groups is 2. The van der Waals surface area contributed by atoms with Gasteiger partial charge in [0.1, 0.15) is 0 Å². The van der Waals surface area contributed by atoms with Crippen LogP contribution >= 0.6 is 21.6 Å². The molecule has 0 radical (unpaired) electrons. The van der Waals surface area contributed by atoms with Crippen molar-refractivity contribution in [3.8, 4) is 0 Å². The molecular formula is C16H26N12O4S2. The number of carbonyl (C=O) groups excluding carboxylic acids is 2. The van der Waals surface area contributed by atoms with Crippen LogP contribution in [0.3, 0.4) is 0 Å². The Morgan fingerprint density at radius 1 is 0.706 bits per heavy atom. The van der Waals surface area contributed by atoms with Gasteiger partial charge in [0.05, 0.1) is 10.6 Å². The Hall–Kier alpha value is -3.02. The lowest BCUT2D eigenvalue weighted by Gasteiger charge is -2.36. The highest BCUT2D eigenvalue weighted by atomic mass is 33.1. The van der Waals surface area contributed by atoms with Gasteiger partial charge < -0.3 is 0 Å². The number of nitroso groups, excluding NO2 is 2. The minimum absolute atomic E-state index is 0.221. The van der Waals surface area contributed by atoms with Crippen LogP contribution in [0.1, 0.15) is 27.7 Å². The van der Waals surface area contributed by atoms with Gasteiger partial charge >= 0.3 is 12.1 Å². The fraction of sp³-hybridized carbons (Fsp3) is 0.750. The smallest absolute Gasteiger partial charge is 0.299 e. The predicted molar refractivity (Wildman–Crippen MR) is 127 cm³/mol. The Kier molecular flexibility index (Phi) is 6.87. The normalized spacial score (nSPS) is 28.4. The summed E-state index contributed by atoms with van der Waals surface area (Å²) in [7, 11) is 2.27.